The molecule has 1 saturated carbocycles. The van der Waals surface area contributed by atoms with Gasteiger partial charge in [0.15, 0.2) is 6.67 Å². The second-order valence-corrected chi connectivity index (χ2v) is 9.02. The number of nitrogens with zero attached hydrogens (tertiary/aromatic N) is 1. The van der Waals surface area contributed by atoms with E-state index in [1.807, 2.05) is 6.07 Å². The largest absolute Gasteiger partial charge is 0.329 e. The highest BCUT2D eigenvalue weighted by Crippen LogP contribution is 2.32. The molecule has 2 aromatic carbocycles. The standard InChI is InChI=1S/C24H26FN3O2/c1-24(19-8-7-17-3-2-4-18(17)13-19)22(29)28(23(30)26-24)15-27(21-11-12-21)14-16-5-9-20(25)10-6-16/h5-10,13,21H,2-4,11-12,14-15H2,1H3,(H,26,30)/p+1/t24-/m1/s1. The highest BCUT2D eigenvalue weighted by Gasteiger charge is 2.51. The van der Waals surface area contributed by atoms with Gasteiger partial charge in [0, 0.05) is 18.4 Å². The number of hydrogen-bond donors (Lipinski definition) is 2. The monoisotopic (exact) mass is 408 g/mol. The molecule has 30 heavy (non-hydrogen) atoms. The van der Waals surface area contributed by atoms with E-state index < -0.39 is 5.54 Å². The number of fused-ring (bicyclic) bond motifs is 1. The number of carbonyl (C=O) groups is 2. The van der Waals surface area contributed by atoms with E-state index in [2.05, 4.69) is 17.4 Å². The fraction of sp³-hybridized carbons (Fsp3) is 0.417. The van der Waals surface area contributed by atoms with Crippen molar-refractivity contribution in [2.24, 2.45) is 0 Å². The Labute approximate surface area is 175 Å². The molecule has 1 aliphatic heterocycles. The Kier molecular flexibility index (Phi) is 4.62. The van der Waals surface area contributed by atoms with E-state index in [1.54, 1.807) is 19.1 Å². The average molecular weight is 408 g/mol. The molecule has 6 heteroatoms. The van der Waals surface area contributed by atoms with E-state index in [4.69, 9.17) is 0 Å². The van der Waals surface area contributed by atoms with Crippen LogP contribution >= 0.6 is 0 Å². The third kappa shape index (κ3) is 3.39. The maximum Gasteiger partial charge on any atom is 0.329 e. The summed E-state index contributed by atoms with van der Waals surface area (Å²) in [4.78, 5) is 28.7. The first kappa shape index (κ1) is 19.2. The van der Waals surface area contributed by atoms with E-state index in [1.165, 1.54) is 33.1 Å². The number of hydrogen-bond acceptors (Lipinski definition) is 2. The predicted molar refractivity (Wildman–Crippen MR) is 110 cm³/mol. The van der Waals surface area contributed by atoms with Crippen molar-refractivity contribution in [1.82, 2.24) is 10.2 Å². The van der Waals surface area contributed by atoms with Crippen LogP contribution in [0.1, 0.15) is 48.4 Å². The van der Waals surface area contributed by atoms with Crippen molar-refractivity contribution >= 4 is 11.9 Å². The van der Waals surface area contributed by atoms with Crippen LogP contribution in [0.4, 0.5) is 9.18 Å². The van der Waals surface area contributed by atoms with Crippen LogP contribution in [0.2, 0.25) is 0 Å². The highest BCUT2D eigenvalue weighted by molar-refractivity contribution is 6.07. The number of nitrogens with one attached hydrogen (secondary N) is 2. The van der Waals surface area contributed by atoms with Gasteiger partial charge in [0.25, 0.3) is 5.91 Å². The van der Waals surface area contributed by atoms with Gasteiger partial charge in [0.2, 0.25) is 0 Å². The second kappa shape index (κ2) is 7.20. The first-order valence-electron chi connectivity index (χ1n) is 10.8. The molecule has 3 amide bonds. The number of carbonyl (C=O) groups excluding carboxylic acids is 2. The first-order valence-corrected chi connectivity index (χ1v) is 10.8. The fourth-order valence-corrected chi connectivity index (χ4v) is 4.81. The molecule has 2 fully saturated rings. The van der Waals surface area contributed by atoms with Crippen LogP contribution in [0.3, 0.4) is 0 Å². The lowest BCUT2D eigenvalue weighted by molar-refractivity contribution is -0.931. The van der Waals surface area contributed by atoms with Crippen LogP contribution in [0.15, 0.2) is 42.5 Å². The van der Waals surface area contributed by atoms with Gasteiger partial charge in [-0.25, -0.2) is 14.1 Å². The number of rotatable bonds is 6. The molecule has 0 radical (unpaired) electrons. The Hall–Kier alpha value is -2.73. The normalized spacial score (nSPS) is 24.1. The highest BCUT2D eigenvalue weighted by atomic mass is 19.1. The third-order valence-corrected chi connectivity index (χ3v) is 6.81. The predicted octanol–water partition coefficient (Wildman–Crippen LogP) is 2.29. The summed E-state index contributed by atoms with van der Waals surface area (Å²) in [5, 5.41) is 2.95. The zero-order valence-corrected chi connectivity index (χ0v) is 17.2. The SMILES string of the molecule is C[C@]1(c2ccc3c(c2)CCC3)NC(=O)N(C[NH+](Cc2ccc(F)cc2)C2CC2)C1=O. The van der Waals surface area contributed by atoms with Gasteiger partial charge in [-0.3, -0.25) is 4.79 Å². The lowest BCUT2D eigenvalue weighted by Gasteiger charge is -2.25. The van der Waals surface area contributed by atoms with Gasteiger partial charge in [0.1, 0.15) is 17.9 Å². The maximum absolute atomic E-state index is 13.4. The van der Waals surface area contributed by atoms with E-state index in [9.17, 15) is 14.0 Å². The molecule has 3 aliphatic rings. The summed E-state index contributed by atoms with van der Waals surface area (Å²) in [6.07, 6.45) is 5.43. The van der Waals surface area contributed by atoms with Gasteiger partial charge < -0.3 is 10.2 Å². The number of amides is 3. The Morgan fingerprint density at radius 2 is 1.83 bits per heavy atom. The molecular formula is C24H27FN3O2+. The van der Waals surface area contributed by atoms with Crippen molar-refractivity contribution in [1.29, 1.82) is 0 Å². The Morgan fingerprint density at radius 3 is 2.57 bits per heavy atom. The van der Waals surface area contributed by atoms with Crippen molar-refractivity contribution in [3.63, 3.8) is 0 Å². The minimum Gasteiger partial charge on any atom is -0.319 e. The van der Waals surface area contributed by atoms with Gasteiger partial charge in [-0.2, -0.15) is 0 Å². The minimum atomic E-state index is -1.03. The van der Waals surface area contributed by atoms with Crippen LogP contribution in [-0.4, -0.2) is 29.5 Å². The smallest absolute Gasteiger partial charge is 0.319 e. The van der Waals surface area contributed by atoms with Crippen LogP contribution in [0, 0.1) is 5.82 Å². The molecule has 1 saturated heterocycles. The molecule has 1 heterocycles. The lowest BCUT2D eigenvalue weighted by Crippen LogP contribution is -3.13. The molecular weight excluding hydrogens is 381 g/mol. The Balaban J connectivity index is 1.36. The van der Waals surface area contributed by atoms with Gasteiger partial charge in [-0.15, -0.1) is 0 Å². The summed E-state index contributed by atoms with van der Waals surface area (Å²) in [6, 6.07) is 12.7. The molecule has 0 aromatic heterocycles. The van der Waals surface area contributed by atoms with Gasteiger partial charge in [-0.1, -0.05) is 30.3 Å². The number of halogens is 1. The van der Waals surface area contributed by atoms with Gasteiger partial charge in [-0.05, 0) is 55.0 Å². The Morgan fingerprint density at radius 1 is 1.10 bits per heavy atom. The van der Waals surface area contributed by atoms with Crippen LogP contribution in [0.5, 0.6) is 0 Å². The van der Waals surface area contributed by atoms with Crippen molar-refractivity contribution < 1.29 is 18.9 Å². The first-order chi connectivity index (χ1) is 14.4. The zero-order valence-electron chi connectivity index (χ0n) is 17.2. The molecule has 1 unspecified atom stereocenters. The van der Waals surface area contributed by atoms with E-state index in [0.717, 1.165) is 43.2 Å². The maximum atomic E-state index is 13.4. The van der Waals surface area contributed by atoms with Crippen molar-refractivity contribution in [2.75, 3.05) is 6.67 Å². The molecule has 0 spiro atoms. The summed E-state index contributed by atoms with van der Waals surface area (Å²) in [5.74, 6) is -0.450. The number of benzene rings is 2. The van der Waals surface area contributed by atoms with Crippen LogP contribution in [-0.2, 0) is 29.7 Å². The van der Waals surface area contributed by atoms with Crippen molar-refractivity contribution in [2.45, 2.75) is 57.2 Å². The fourth-order valence-electron chi connectivity index (χ4n) is 4.81. The third-order valence-electron chi connectivity index (χ3n) is 6.81. The second-order valence-electron chi connectivity index (χ2n) is 9.02. The quantitative estimate of drug-likeness (QED) is 0.721. The number of urea groups is 1. The molecule has 2 atom stereocenters. The molecule has 0 bridgehead atoms. The van der Waals surface area contributed by atoms with E-state index >= 15 is 0 Å². The minimum absolute atomic E-state index is 0.192. The molecule has 2 aliphatic carbocycles. The summed E-state index contributed by atoms with van der Waals surface area (Å²) in [7, 11) is 0. The van der Waals surface area contributed by atoms with Gasteiger partial charge in [0.05, 0.1) is 6.04 Å². The zero-order chi connectivity index (χ0) is 20.9. The summed E-state index contributed by atoms with van der Waals surface area (Å²) >= 11 is 0. The number of aryl methyl sites for hydroxylation is 2. The van der Waals surface area contributed by atoms with E-state index in [0.29, 0.717) is 19.3 Å². The topological polar surface area (TPSA) is 53.9 Å². The molecule has 5 rings (SSSR count). The molecule has 5 nitrogen and oxygen atoms in total. The summed E-state index contributed by atoms with van der Waals surface area (Å²) in [6.45, 7) is 2.80. The van der Waals surface area contributed by atoms with Gasteiger partial charge >= 0.3 is 6.03 Å². The average Bonchev–Trinajstić information content (AvgIpc) is 3.43. The molecule has 2 aromatic rings. The number of imide groups is 1. The summed E-state index contributed by atoms with van der Waals surface area (Å²) in [5.41, 5.74) is 3.47. The lowest BCUT2D eigenvalue weighted by atomic mass is 9.90. The van der Waals surface area contributed by atoms with Crippen molar-refractivity contribution in [3.05, 3.63) is 70.5 Å². The number of quaternary nitrogens is 1. The molecule has 156 valence electrons. The van der Waals surface area contributed by atoms with Crippen LogP contribution in [0.25, 0.3) is 0 Å². The van der Waals surface area contributed by atoms with Crippen molar-refractivity contribution in [3.8, 4) is 0 Å². The summed E-state index contributed by atoms with van der Waals surface area (Å²) < 4.78 is 13.2. The molecule has 2 N–H and O–H groups in total. The Bertz CT molecular complexity index is 1000. The van der Waals surface area contributed by atoms with Crippen LogP contribution < -0.4 is 10.2 Å². The van der Waals surface area contributed by atoms with E-state index in [-0.39, 0.29) is 17.8 Å².